The number of amides is 1. The van der Waals surface area contributed by atoms with E-state index < -0.39 is 15.6 Å². The van der Waals surface area contributed by atoms with Crippen molar-refractivity contribution in [1.82, 2.24) is 4.90 Å². The third-order valence-corrected chi connectivity index (χ3v) is 8.99. The molecular weight excluding hydrogens is 424 g/mol. The van der Waals surface area contributed by atoms with Crippen molar-refractivity contribution in [2.45, 2.75) is 45.6 Å². The molecule has 2 atom stereocenters. The van der Waals surface area contributed by atoms with Gasteiger partial charge in [0.2, 0.25) is 5.91 Å². The van der Waals surface area contributed by atoms with Crippen LogP contribution in [0, 0.1) is 11.3 Å². The molecule has 7 nitrogen and oxygen atoms in total. The molecule has 0 saturated carbocycles. The van der Waals surface area contributed by atoms with Gasteiger partial charge in [0.1, 0.15) is 5.75 Å². The molecule has 32 heavy (non-hydrogen) atoms. The lowest BCUT2D eigenvalue weighted by Gasteiger charge is -2.48. The van der Waals surface area contributed by atoms with Crippen molar-refractivity contribution in [2.75, 3.05) is 60.6 Å². The molecule has 8 heteroatoms. The zero-order valence-electron chi connectivity index (χ0n) is 19.5. The van der Waals surface area contributed by atoms with Crippen molar-refractivity contribution in [3.8, 4) is 0 Å². The van der Waals surface area contributed by atoms with Gasteiger partial charge in [0.25, 0.3) is 0 Å². The van der Waals surface area contributed by atoms with Gasteiger partial charge < -0.3 is 20.4 Å². The van der Waals surface area contributed by atoms with Crippen molar-refractivity contribution in [3.05, 3.63) is 24.3 Å². The second kappa shape index (κ2) is 9.21. The highest BCUT2D eigenvalue weighted by Crippen LogP contribution is 2.43. The first-order chi connectivity index (χ1) is 15.2. The van der Waals surface area contributed by atoms with Gasteiger partial charge >= 0.3 is 0 Å². The highest BCUT2D eigenvalue weighted by Gasteiger charge is 2.47. The molecule has 2 bridgehead atoms. The molecule has 2 N–H and O–H groups in total. The predicted octanol–water partition coefficient (Wildman–Crippen LogP) is 2.11. The van der Waals surface area contributed by atoms with E-state index in [1.165, 1.54) is 30.6 Å². The number of hydrogen-bond donors (Lipinski definition) is 1. The van der Waals surface area contributed by atoms with E-state index >= 15 is 0 Å². The Hall–Kier alpha value is -1.80. The largest absolute Gasteiger partial charge is 0.372 e. The second-order valence-corrected chi connectivity index (χ2v) is 12.7. The van der Waals surface area contributed by atoms with E-state index in [1.54, 1.807) is 4.90 Å². The van der Waals surface area contributed by atoms with E-state index in [1.807, 2.05) is 0 Å². The van der Waals surface area contributed by atoms with Crippen LogP contribution in [0.4, 0.5) is 11.4 Å². The predicted molar refractivity (Wildman–Crippen MR) is 130 cm³/mol. The van der Waals surface area contributed by atoms with Crippen LogP contribution in [0.25, 0.3) is 0 Å². The molecule has 1 amide bonds. The first-order valence-corrected chi connectivity index (χ1v) is 13.8. The van der Waals surface area contributed by atoms with Gasteiger partial charge in [-0.25, -0.2) is 8.42 Å². The fourth-order valence-electron chi connectivity index (χ4n) is 5.86. The maximum Gasteiger partial charge on any atom is 0.237 e. The second-order valence-electron chi connectivity index (χ2n) is 10.5. The van der Waals surface area contributed by atoms with Crippen molar-refractivity contribution in [3.63, 3.8) is 0 Å². The summed E-state index contributed by atoms with van der Waals surface area (Å²) in [6, 6.07) is 9.06. The fraction of sp³-hybridized carbons (Fsp3) is 0.708. The standard InChI is InChI=1S/C24H38N4O3S/c1-24(2)14-19-15-27(23(29)18-32(30,31)13-10-25)17-22(24)28(16-19)21-8-6-20(7-9-21)26-11-4-3-5-12-26/h6-9,19,22H,3-5,10-18,25H2,1-2H3/t19-,22-/m1/s1. The number of nitrogens with two attached hydrogens (primary N) is 1. The lowest BCUT2D eigenvalue weighted by atomic mass is 9.73. The van der Waals surface area contributed by atoms with Crippen LogP contribution in [0.3, 0.4) is 0 Å². The molecule has 0 spiro atoms. The monoisotopic (exact) mass is 462 g/mol. The van der Waals surface area contributed by atoms with Gasteiger partial charge in [0.05, 0.1) is 11.8 Å². The normalized spacial score (nSPS) is 25.7. The molecule has 5 rings (SSSR count). The summed E-state index contributed by atoms with van der Waals surface area (Å²) in [6.07, 6.45) is 4.88. The molecule has 4 heterocycles. The summed E-state index contributed by atoms with van der Waals surface area (Å²) in [4.78, 5) is 19.6. The Kier molecular flexibility index (Phi) is 6.73. The summed E-state index contributed by atoms with van der Waals surface area (Å²) < 4.78 is 24.4. The molecule has 178 valence electrons. The molecule has 0 aliphatic carbocycles. The Labute approximate surface area is 192 Å². The highest BCUT2D eigenvalue weighted by atomic mass is 32.2. The smallest absolute Gasteiger partial charge is 0.237 e. The van der Waals surface area contributed by atoms with Crippen LogP contribution in [0.15, 0.2) is 24.3 Å². The molecule has 4 fully saturated rings. The Morgan fingerprint density at radius 3 is 2.34 bits per heavy atom. The maximum atomic E-state index is 12.9. The Balaban J connectivity index is 1.52. The summed E-state index contributed by atoms with van der Waals surface area (Å²) in [7, 11) is -3.45. The van der Waals surface area contributed by atoms with Crippen LogP contribution in [0.5, 0.6) is 0 Å². The number of rotatable bonds is 6. The average Bonchev–Trinajstić information content (AvgIpc) is 3.01. The highest BCUT2D eigenvalue weighted by molar-refractivity contribution is 7.92. The van der Waals surface area contributed by atoms with Crippen LogP contribution in [0.2, 0.25) is 0 Å². The molecule has 4 aliphatic rings. The van der Waals surface area contributed by atoms with E-state index in [2.05, 4.69) is 47.9 Å². The van der Waals surface area contributed by atoms with Crippen molar-refractivity contribution in [1.29, 1.82) is 0 Å². The summed E-state index contributed by atoms with van der Waals surface area (Å²) in [5, 5.41) is 0. The van der Waals surface area contributed by atoms with Crippen LogP contribution in [0.1, 0.15) is 39.5 Å². The molecule has 1 aromatic carbocycles. The van der Waals surface area contributed by atoms with E-state index in [0.717, 1.165) is 26.1 Å². The Bertz CT molecular complexity index is 910. The number of sulfone groups is 1. The molecule has 0 unspecified atom stereocenters. The summed E-state index contributed by atoms with van der Waals surface area (Å²) >= 11 is 0. The van der Waals surface area contributed by atoms with Gasteiger partial charge in [-0.3, -0.25) is 4.79 Å². The number of carbonyl (C=O) groups is 1. The minimum Gasteiger partial charge on any atom is -0.372 e. The van der Waals surface area contributed by atoms with Crippen molar-refractivity contribution < 1.29 is 13.2 Å². The van der Waals surface area contributed by atoms with Gasteiger partial charge in [-0.1, -0.05) is 13.8 Å². The van der Waals surface area contributed by atoms with Crippen LogP contribution < -0.4 is 15.5 Å². The van der Waals surface area contributed by atoms with Crippen LogP contribution in [-0.2, 0) is 14.6 Å². The third kappa shape index (κ3) is 5.06. The van der Waals surface area contributed by atoms with E-state index in [4.69, 9.17) is 5.73 Å². The lowest BCUT2D eigenvalue weighted by molar-refractivity contribution is -0.128. The van der Waals surface area contributed by atoms with E-state index in [9.17, 15) is 13.2 Å². The summed E-state index contributed by atoms with van der Waals surface area (Å²) in [5.41, 5.74) is 7.93. The Morgan fingerprint density at radius 1 is 1.03 bits per heavy atom. The SMILES string of the molecule is CC1(C)C[C@@H]2CN(C(=O)CS(=O)(=O)CCN)C[C@H]1N(c1ccc(N3CCCCC3)cc1)C2. The first-order valence-electron chi connectivity index (χ1n) is 12.0. The fourth-order valence-corrected chi connectivity index (χ4v) is 6.92. The number of carbonyl (C=O) groups excluding carboxylic acids is 1. The number of hydrogen-bond acceptors (Lipinski definition) is 6. The van der Waals surface area contributed by atoms with Gasteiger partial charge in [-0.05, 0) is 61.3 Å². The molecule has 4 saturated heterocycles. The van der Waals surface area contributed by atoms with Crippen molar-refractivity contribution >= 4 is 27.1 Å². The van der Waals surface area contributed by atoms with E-state index in [0.29, 0.717) is 19.0 Å². The number of anilines is 2. The summed E-state index contributed by atoms with van der Waals surface area (Å²) in [6.45, 7) is 8.95. The van der Waals surface area contributed by atoms with Crippen molar-refractivity contribution in [2.24, 2.45) is 17.1 Å². The zero-order chi connectivity index (χ0) is 22.9. The lowest BCUT2D eigenvalue weighted by Crippen LogP contribution is -2.54. The molecule has 4 aliphatic heterocycles. The summed E-state index contributed by atoms with van der Waals surface area (Å²) in [5.74, 6) is -0.533. The average molecular weight is 463 g/mol. The first kappa shape index (κ1) is 23.4. The maximum absolute atomic E-state index is 12.9. The topological polar surface area (TPSA) is 86.9 Å². The Morgan fingerprint density at radius 2 is 1.69 bits per heavy atom. The minimum absolute atomic E-state index is 0.0413. The molecular formula is C24H38N4O3S. The van der Waals surface area contributed by atoms with Gasteiger partial charge in [0, 0.05) is 50.6 Å². The quantitative estimate of drug-likeness (QED) is 0.697. The minimum atomic E-state index is -3.45. The number of benzene rings is 1. The van der Waals surface area contributed by atoms with E-state index in [-0.39, 0.29) is 29.7 Å². The number of piperidine rings is 2. The van der Waals surface area contributed by atoms with Crippen LogP contribution >= 0.6 is 0 Å². The number of nitrogens with zero attached hydrogens (tertiary/aromatic N) is 3. The zero-order valence-corrected chi connectivity index (χ0v) is 20.3. The number of fused-ring (bicyclic) bond motifs is 4. The van der Waals surface area contributed by atoms with Gasteiger partial charge in [-0.2, -0.15) is 0 Å². The molecule has 0 radical (unpaired) electrons. The third-order valence-electron chi connectivity index (χ3n) is 7.45. The van der Waals surface area contributed by atoms with Crippen LogP contribution in [-0.4, -0.2) is 76.0 Å². The molecule has 1 aromatic rings. The molecule has 0 aromatic heterocycles. The van der Waals surface area contributed by atoms with Gasteiger partial charge in [-0.15, -0.1) is 0 Å². The van der Waals surface area contributed by atoms with Gasteiger partial charge in [0.15, 0.2) is 9.84 Å².